The van der Waals surface area contributed by atoms with Crippen LogP contribution >= 0.6 is 0 Å². The highest BCUT2D eigenvalue weighted by atomic mass is 32.2. The van der Waals surface area contributed by atoms with E-state index in [1.54, 1.807) is 34.1 Å². The lowest BCUT2D eigenvalue weighted by Gasteiger charge is -2.41. The molecule has 1 N–H and O–H groups in total. The fourth-order valence-corrected chi connectivity index (χ4v) is 4.73. The Kier molecular flexibility index (Phi) is 7.94. The number of allylic oxidation sites excluding steroid dienone is 2. The zero-order valence-corrected chi connectivity index (χ0v) is 21.5. The van der Waals surface area contributed by atoms with E-state index in [1.165, 1.54) is 44.3 Å². The average molecular weight is 508 g/mol. The molecule has 36 heavy (non-hydrogen) atoms. The van der Waals surface area contributed by atoms with Crippen LogP contribution in [0.3, 0.4) is 0 Å². The Morgan fingerprint density at radius 3 is 2.22 bits per heavy atom. The summed E-state index contributed by atoms with van der Waals surface area (Å²) in [7, 11) is -3.33. The van der Waals surface area contributed by atoms with E-state index >= 15 is 0 Å². The number of amides is 3. The van der Waals surface area contributed by atoms with Gasteiger partial charge in [0.2, 0.25) is 11.8 Å². The van der Waals surface area contributed by atoms with Crippen LogP contribution in [0.4, 0.5) is 11.4 Å². The van der Waals surface area contributed by atoms with E-state index < -0.39 is 9.84 Å². The zero-order chi connectivity index (χ0) is 26.6. The van der Waals surface area contributed by atoms with Gasteiger partial charge in [-0.2, -0.15) is 0 Å². The summed E-state index contributed by atoms with van der Waals surface area (Å²) in [5.74, 6) is -0.733. The third-order valence-electron chi connectivity index (χ3n) is 5.71. The Bertz CT molecular complexity index is 1370. The molecule has 2 aromatic rings. The van der Waals surface area contributed by atoms with Crippen molar-refractivity contribution in [1.29, 1.82) is 0 Å². The summed E-state index contributed by atoms with van der Waals surface area (Å²) in [6.07, 6.45) is 7.08. The molecular weight excluding hydrogens is 478 g/mol. The second kappa shape index (κ2) is 10.7. The average Bonchev–Trinajstić information content (AvgIpc) is 2.81. The van der Waals surface area contributed by atoms with Crippen LogP contribution in [-0.2, 0) is 24.2 Å². The monoisotopic (exact) mass is 507 g/mol. The fourth-order valence-electron chi connectivity index (χ4n) is 4.10. The van der Waals surface area contributed by atoms with Gasteiger partial charge in [0.25, 0.3) is 5.91 Å². The minimum absolute atomic E-state index is 0.145. The Labute approximate surface area is 211 Å². The number of anilines is 2. The van der Waals surface area contributed by atoms with Gasteiger partial charge in [0.05, 0.1) is 22.3 Å². The molecule has 8 nitrogen and oxygen atoms in total. The number of fused-ring (bicyclic) bond motifs is 1. The van der Waals surface area contributed by atoms with Gasteiger partial charge in [-0.25, -0.2) is 8.42 Å². The minimum Gasteiger partial charge on any atom is -0.333 e. The smallest absolute Gasteiger partial charge is 0.258 e. The first-order chi connectivity index (χ1) is 16.9. The summed E-state index contributed by atoms with van der Waals surface area (Å²) in [5, 5.41) is 2.53. The number of sulfone groups is 1. The number of hydrogen-bond acceptors (Lipinski definition) is 5. The molecule has 0 spiro atoms. The fraction of sp³-hybridized carbons (Fsp3) is 0.222. The van der Waals surface area contributed by atoms with E-state index in [2.05, 4.69) is 11.9 Å². The van der Waals surface area contributed by atoms with E-state index in [9.17, 15) is 22.8 Å². The van der Waals surface area contributed by atoms with Gasteiger partial charge in [-0.05, 0) is 54.5 Å². The van der Waals surface area contributed by atoms with Crippen LogP contribution in [-0.4, -0.2) is 45.0 Å². The summed E-state index contributed by atoms with van der Waals surface area (Å²) in [4.78, 5) is 40.8. The molecule has 0 aromatic heterocycles. The molecule has 0 fully saturated rings. The van der Waals surface area contributed by atoms with Gasteiger partial charge in [0.1, 0.15) is 0 Å². The molecule has 1 unspecified atom stereocenters. The van der Waals surface area contributed by atoms with Crippen LogP contribution in [0.5, 0.6) is 0 Å². The molecule has 9 heteroatoms. The van der Waals surface area contributed by atoms with Crippen molar-refractivity contribution in [3.8, 4) is 11.1 Å². The number of hydrogen-bond donors (Lipinski definition) is 1. The Morgan fingerprint density at radius 1 is 1.03 bits per heavy atom. The molecule has 0 bridgehead atoms. The van der Waals surface area contributed by atoms with Gasteiger partial charge in [-0.3, -0.25) is 14.4 Å². The maximum absolute atomic E-state index is 13.6. The van der Waals surface area contributed by atoms with E-state index in [0.29, 0.717) is 16.9 Å². The molecule has 0 aliphatic carbocycles. The molecular formula is C27H29N3O5S. The lowest BCUT2D eigenvalue weighted by molar-refractivity contribution is -0.118. The molecule has 0 radical (unpaired) electrons. The summed E-state index contributed by atoms with van der Waals surface area (Å²) < 4.78 is 23.7. The number of nitrogens with zero attached hydrogens (tertiary/aromatic N) is 2. The number of carbonyl (C=O) groups excluding carboxylic acids is 3. The third-order valence-corrected chi connectivity index (χ3v) is 6.84. The topological polar surface area (TPSA) is 104 Å². The van der Waals surface area contributed by atoms with Gasteiger partial charge < -0.3 is 15.1 Å². The van der Waals surface area contributed by atoms with Gasteiger partial charge in [-0.15, -0.1) is 0 Å². The van der Waals surface area contributed by atoms with Crippen molar-refractivity contribution in [1.82, 2.24) is 5.32 Å². The molecule has 1 heterocycles. The second-order valence-corrected chi connectivity index (χ2v) is 10.6. The predicted molar refractivity (Wildman–Crippen MR) is 141 cm³/mol. The van der Waals surface area contributed by atoms with E-state index in [4.69, 9.17) is 0 Å². The molecule has 0 saturated carbocycles. The number of benzene rings is 2. The first-order valence-electron chi connectivity index (χ1n) is 11.3. The quantitative estimate of drug-likeness (QED) is 0.475. The van der Waals surface area contributed by atoms with Crippen molar-refractivity contribution in [3.05, 3.63) is 79.0 Å². The van der Waals surface area contributed by atoms with Crippen LogP contribution in [0.25, 0.3) is 11.1 Å². The lowest BCUT2D eigenvalue weighted by Crippen LogP contribution is -2.51. The molecule has 188 valence electrons. The standard InChI is InChI=1S/C27H29N3O5S/c1-6-7-22(14-15-28-19(3)31)27(33)29-17-18(2)30(20(4)32)25-13-10-23(16-26(25)29)21-8-11-24(12-9-21)36(5,34)35/h6-16,18H,1,17H2,2-5H3,(H,28,31)/b15-14+,22-7+. The normalized spacial score (nSPS) is 16.0. The third kappa shape index (κ3) is 5.80. The van der Waals surface area contributed by atoms with Crippen LogP contribution in [0.1, 0.15) is 20.8 Å². The SMILES string of the molecule is C=C/C=C(\C=C\NC(C)=O)C(=O)N1CC(C)N(C(C)=O)c2ccc(-c3ccc(S(C)(=O)=O)cc3)cc21. The van der Waals surface area contributed by atoms with Crippen molar-refractivity contribution in [2.45, 2.75) is 31.7 Å². The summed E-state index contributed by atoms with van der Waals surface area (Å²) in [6, 6.07) is 11.6. The van der Waals surface area contributed by atoms with Gasteiger partial charge in [0.15, 0.2) is 9.84 Å². The van der Waals surface area contributed by atoms with Gasteiger partial charge in [-0.1, -0.05) is 30.9 Å². The molecule has 1 aliphatic rings. The number of nitrogens with one attached hydrogen (secondary N) is 1. The molecule has 0 saturated heterocycles. The molecule has 2 aromatic carbocycles. The van der Waals surface area contributed by atoms with E-state index in [1.807, 2.05) is 19.1 Å². The largest absolute Gasteiger partial charge is 0.333 e. The first kappa shape index (κ1) is 26.6. The molecule has 1 atom stereocenters. The Morgan fingerprint density at radius 2 is 1.67 bits per heavy atom. The molecule has 3 amide bonds. The highest BCUT2D eigenvalue weighted by molar-refractivity contribution is 7.90. The highest BCUT2D eigenvalue weighted by Gasteiger charge is 2.34. The van der Waals surface area contributed by atoms with Crippen molar-refractivity contribution >= 4 is 38.9 Å². The number of rotatable bonds is 6. The first-order valence-corrected chi connectivity index (χ1v) is 13.2. The maximum Gasteiger partial charge on any atom is 0.258 e. The van der Waals surface area contributed by atoms with Gasteiger partial charge in [0, 0.05) is 38.4 Å². The summed E-state index contributed by atoms with van der Waals surface area (Å²) in [6.45, 7) is 8.65. The summed E-state index contributed by atoms with van der Waals surface area (Å²) >= 11 is 0. The molecule has 1 aliphatic heterocycles. The van der Waals surface area contributed by atoms with Gasteiger partial charge >= 0.3 is 0 Å². The molecule has 3 rings (SSSR count). The minimum atomic E-state index is -3.33. The number of carbonyl (C=O) groups is 3. The van der Waals surface area contributed by atoms with Crippen LogP contribution in [0.2, 0.25) is 0 Å². The summed E-state index contributed by atoms with van der Waals surface area (Å²) in [5.41, 5.74) is 2.96. The van der Waals surface area contributed by atoms with Crippen LogP contribution in [0.15, 0.2) is 83.9 Å². The van der Waals surface area contributed by atoms with Crippen molar-refractivity contribution < 1.29 is 22.8 Å². The zero-order valence-electron chi connectivity index (χ0n) is 20.7. The maximum atomic E-state index is 13.6. The van der Waals surface area contributed by atoms with Crippen molar-refractivity contribution in [2.24, 2.45) is 0 Å². The van der Waals surface area contributed by atoms with Crippen molar-refractivity contribution in [3.63, 3.8) is 0 Å². The second-order valence-electron chi connectivity index (χ2n) is 8.55. The Balaban J connectivity index is 2.10. The highest BCUT2D eigenvalue weighted by Crippen LogP contribution is 2.39. The van der Waals surface area contributed by atoms with Crippen LogP contribution < -0.4 is 15.1 Å². The Hall–Kier alpha value is -3.98. The predicted octanol–water partition coefficient (Wildman–Crippen LogP) is 3.61. The van der Waals surface area contributed by atoms with E-state index in [0.717, 1.165) is 17.4 Å². The van der Waals surface area contributed by atoms with Crippen LogP contribution in [0, 0.1) is 0 Å². The van der Waals surface area contributed by atoms with Crippen molar-refractivity contribution in [2.75, 3.05) is 22.6 Å². The van der Waals surface area contributed by atoms with E-state index in [-0.39, 0.29) is 35.2 Å². The lowest BCUT2D eigenvalue weighted by atomic mass is 10.00.